The molecule has 104 valence electrons. The van der Waals surface area contributed by atoms with E-state index >= 15 is 0 Å². The van der Waals surface area contributed by atoms with Crippen LogP contribution in [0.25, 0.3) is 0 Å². The number of hydrogen-bond acceptors (Lipinski definition) is 5. The number of hydrogen-bond donors (Lipinski definition) is 1. The third-order valence-corrected chi connectivity index (χ3v) is 5.58. The Bertz CT molecular complexity index is 405. The van der Waals surface area contributed by atoms with Crippen LogP contribution >= 0.6 is 23.5 Å². The molecule has 0 saturated carbocycles. The summed E-state index contributed by atoms with van der Waals surface area (Å²) in [6, 6.07) is 7.95. The number of thioether (sulfide) groups is 2. The number of carbonyl (C=O) groups is 1. The summed E-state index contributed by atoms with van der Waals surface area (Å²) in [7, 11) is 1.40. The number of rotatable bonds is 5. The summed E-state index contributed by atoms with van der Waals surface area (Å²) in [4.78, 5) is 15.7. The van der Waals surface area contributed by atoms with E-state index < -0.39 is 0 Å². The monoisotopic (exact) mass is 299 g/mol. The second-order valence-corrected chi connectivity index (χ2v) is 6.74. The summed E-state index contributed by atoms with van der Waals surface area (Å²) in [5.74, 6) is 2.85. The molecule has 19 heavy (non-hydrogen) atoms. The third-order valence-electron chi connectivity index (χ3n) is 2.57. The first-order chi connectivity index (χ1) is 9.29. The molecule has 1 aromatic rings. The van der Waals surface area contributed by atoms with Gasteiger partial charge in [0, 0.05) is 0 Å². The molecular weight excluding hydrogens is 282 g/mol. The van der Waals surface area contributed by atoms with E-state index in [4.69, 9.17) is 4.74 Å². The van der Waals surface area contributed by atoms with Crippen LogP contribution in [0, 0.1) is 0 Å². The predicted molar refractivity (Wildman–Crippen MR) is 79.4 cm³/mol. The van der Waals surface area contributed by atoms with Gasteiger partial charge in [-0.2, -0.15) is 0 Å². The van der Waals surface area contributed by atoms with Gasteiger partial charge in [0.2, 0.25) is 0 Å². The maximum absolute atomic E-state index is 11.2. The fourth-order valence-corrected chi connectivity index (χ4v) is 4.59. The van der Waals surface area contributed by atoms with Gasteiger partial charge in [0.15, 0.2) is 6.61 Å². The average Bonchev–Trinajstić information content (AvgIpc) is 2.47. The second-order valence-electron chi connectivity index (χ2n) is 4.01. The van der Waals surface area contributed by atoms with E-state index in [-0.39, 0.29) is 12.5 Å². The zero-order valence-corrected chi connectivity index (χ0v) is 12.4. The minimum Gasteiger partial charge on any atom is -0.484 e. The molecule has 1 aromatic carbocycles. The van der Waals surface area contributed by atoms with E-state index in [2.05, 4.69) is 22.5 Å². The zero-order chi connectivity index (χ0) is 13.5. The molecule has 1 heterocycles. The Hall–Kier alpha value is -0.850. The summed E-state index contributed by atoms with van der Waals surface area (Å²) in [5, 5.41) is 0. The Morgan fingerprint density at radius 3 is 2.63 bits per heavy atom. The first-order valence-electron chi connectivity index (χ1n) is 6.07. The minimum absolute atomic E-state index is 0.0416. The quantitative estimate of drug-likeness (QED) is 0.847. The van der Waals surface area contributed by atoms with Crippen molar-refractivity contribution in [1.29, 1.82) is 0 Å². The summed E-state index contributed by atoms with van der Waals surface area (Å²) in [6.07, 6.45) is 1.29. The van der Waals surface area contributed by atoms with Crippen LogP contribution in [0.2, 0.25) is 0 Å². The Morgan fingerprint density at radius 1 is 1.32 bits per heavy atom. The van der Waals surface area contributed by atoms with Gasteiger partial charge in [-0.1, -0.05) is 12.1 Å². The molecule has 1 aliphatic rings. The topological polar surface area (TPSA) is 47.6 Å². The van der Waals surface area contributed by atoms with Crippen LogP contribution in [0.3, 0.4) is 0 Å². The van der Waals surface area contributed by atoms with Gasteiger partial charge in [0.05, 0.1) is 11.7 Å². The van der Waals surface area contributed by atoms with E-state index in [1.165, 1.54) is 30.6 Å². The lowest BCUT2D eigenvalue weighted by atomic mass is 10.2. The molecule has 1 fully saturated rings. The van der Waals surface area contributed by atoms with Crippen LogP contribution in [0.1, 0.15) is 16.6 Å². The van der Waals surface area contributed by atoms with Gasteiger partial charge in [0.25, 0.3) is 5.91 Å². The van der Waals surface area contributed by atoms with Gasteiger partial charge in [-0.05, 0) is 35.6 Å². The molecule has 0 spiro atoms. The maximum Gasteiger partial charge on any atom is 0.281 e. The fraction of sp³-hybridized carbons (Fsp3) is 0.462. The summed E-state index contributed by atoms with van der Waals surface area (Å²) >= 11 is 3.98. The summed E-state index contributed by atoms with van der Waals surface area (Å²) < 4.78 is 5.88. The average molecular weight is 299 g/mol. The smallest absolute Gasteiger partial charge is 0.281 e. The Balaban J connectivity index is 1.85. The van der Waals surface area contributed by atoms with Crippen molar-refractivity contribution in [2.24, 2.45) is 0 Å². The van der Waals surface area contributed by atoms with Crippen molar-refractivity contribution in [3.05, 3.63) is 29.8 Å². The molecule has 6 heteroatoms. The highest BCUT2D eigenvalue weighted by Gasteiger charge is 2.16. The maximum atomic E-state index is 11.2. The molecule has 0 atom stereocenters. The molecular formula is C13H17NO3S2. The summed E-state index contributed by atoms with van der Waals surface area (Å²) in [6.45, 7) is -0.0416. The summed E-state index contributed by atoms with van der Waals surface area (Å²) in [5.41, 5.74) is 3.52. The van der Waals surface area contributed by atoms with E-state index in [0.29, 0.717) is 10.3 Å². The number of hydroxylamine groups is 1. The highest BCUT2D eigenvalue weighted by molar-refractivity contribution is 8.16. The molecule has 1 aliphatic heterocycles. The van der Waals surface area contributed by atoms with Gasteiger partial charge in [-0.3, -0.25) is 9.63 Å². The van der Waals surface area contributed by atoms with E-state index in [1.807, 2.05) is 35.7 Å². The van der Waals surface area contributed by atoms with Crippen molar-refractivity contribution in [2.45, 2.75) is 11.0 Å². The number of carbonyl (C=O) groups excluding carboxylic acids is 1. The normalized spacial score (nSPS) is 16.1. The molecule has 0 unspecified atom stereocenters. The first-order valence-corrected chi connectivity index (χ1v) is 8.17. The predicted octanol–water partition coefficient (Wildman–Crippen LogP) is 2.61. The van der Waals surface area contributed by atoms with Crippen molar-refractivity contribution < 1.29 is 14.4 Å². The molecule has 1 saturated heterocycles. The number of benzene rings is 1. The van der Waals surface area contributed by atoms with Crippen LogP contribution in [-0.2, 0) is 9.63 Å². The van der Waals surface area contributed by atoms with Crippen molar-refractivity contribution >= 4 is 29.4 Å². The highest BCUT2D eigenvalue weighted by atomic mass is 32.2. The van der Waals surface area contributed by atoms with Crippen molar-refractivity contribution in [1.82, 2.24) is 5.48 Å². The standard InChI is InChI=1S/C13H17NO3S2/c1-16-14-12(15)9-17-11-5-3-10(4-6-11)13-18-7-2-8-19-13/h3-6,13H,2,7-9H2,1H3,(H,14,15). The van der Waals surface area contributed by atoms with Crippen LogP contribution in [0.5, 0.6) is 5.75 Å². The SMILES string of the molecule is CONC(=O)COc1ccc(C2SCCCS2)cc1. The van der Waals surface area contributed by atoms with E-state index in [9.17, 15) is 4.79 Å². The minimum atomic E-state index is -0.301. The molecule has 1 N–H and O–H groups in total. The van der Waals surface area contributed by atoms with Crippen LogP contribution in [-0.4, -0.2) is 31.1 Å². The lowest BCUT2D eigenvalue weighted by molar-refractivity contribution is -0.133. The van der Waals surface area contributed by atoms with E-state index in [1.54, 1.807) is 0 Å². The largest absolute Gasteiger partial charge is 0.484 e. The van der Waals surface area contributed by atoms with Crippen molar-refractivity contribution in [2.75, 3.05) is 25.2 Å². The lowest BCUT2D eigenvalue weighted by Gasteiger charge is -2.21. The van der Waals surface area contributed by atoms with Crippen LogP contribution < -0.4 is 10.2 Å². The Morgan fingerprint density at radius 2 is 2.00 bits per heavy atom. The lowest BCUT2D eigenvalue weighted by Crippen LogP contribution is -2.27. The van der Waals surface area contributed by atoms with Gasteiger partial charge in [-0.25, -0.2) is 5.48 Å². The Labute approximate surface area is 121 Å². The van der Waals surface area contributed by atoms with Crippen LogP contribution in [0.15, 0.2) is 24.3 Å². The molecule has 4 nitrogen and oxygen atoms in total. The third kappa shape index (κ3) is 4.63. The van der Waals surface area contributed by atoms with Gasteiger partial charge < -0.3 is 4.74 Å². The second kappa shape index (κ2) is 7.67. The fourth-order valence-electron chi connectivity index (χ4n) is 1.69. The van der Waals surface area contributed by atoms with Crippen molar-refractivity contribution in [3.63, 3.8) is 0 Å². The molecule has 0 aliphatic carbocycles. The Kier molecular flexibility index (Phi) is 5.88. The van der Waals surface area contributed by atoms with Gasteiger partial charge in [-0.15, -0.1) is 23.5 Å². The first kappa shape index (κ1) is 14.6. The van der Waals surface area contributed by atoms with Gasteiger partial charge >= 0.3 is 0 Å². The zero-order valence-electron chi connectivity index (χ0n) is 10.8. The molecule has 2 rings (SSSR count). The van der Waals surface area contributed by atoms with Gasteiger partial charge in [0.1, 0.15) is 5.75 Å². The number of amides is 1. The molecule has 1 amide bonds. The highest BCUT2D eigenvalue weighted by Crippen LogP contribution is 2.43. The molecule has 0 aromatic heterocycles. The number of nitrogens with one attached hydrogen (secondary N) is 1. The van der Waals surface area contributed by atoms with E-state index in [0.717, 1.165) is 0 Å². The molecule has 0 radical (unpaired) electrons. The number of ether oxygens (including phenoxy) is 1. The van der Waals surface area contributed by atoms with Crippen molar-refractivity contribution in [3.8, 4) is 5.75 Å². The van der Waals surface area contributed by atoms with Crippen LogP contribution in [0.4, 0.5) is 0 Å². The molecule has 0 bridgehead atoms.